The van der Waals surface area contributed by atoms with Gasteiger partial charge in [0, 0.05) is 12.7 Å². The average molecular weight is 301 g/mol. The van der Waals surface area contributed by atoms with Crippen LogP contribution in [-0.4, -0.2) is 16.3 Å². The van der Waals surface area contributed by atoms with Gasteiger partial charge in [-0.05, 0) is 36.7 Å². The van der Waals surface area contributed by atoms with E-state index in [1.165, 1.54) is 6.07 Å². The molecule has 0 bridgehead atoms. The molecule has 0 aliphatic rings. The van der Waals surface area contributed by atoms with Gasteiger partial charge in [0.25, 0.3) is 0 Å². The minimum absolute atomic E-state index is 0.263. The van der Waals surface area contributed by atoms with Crippen LogP contribution in [0.25, 0.3) is 5.69 Å². The number of aromatic nitrogens is 2. The number of nitrogens with zero attached hydrogens (tertiary/aromatic N) is 2. The highest BCUT2D eigenvalue weighted by atomic mass is 19.4. The molecule has 1 heterocycles. The molecule has 2 rings (SSSR count). The molecule has 0 radical (unpaired) electrons. The highest BCUT2D eigenvalue weighted by Gasteiger charge is 2.32. The second-order valence-electron chi connectivity index (χ2n) is 4.67. The Hall–Kier alpha value is -1.89. The normalized spacial score (nSPS) is 11.9. The molecule has 3 nitrogen and oxygen atoms in total. The van der Waals surface area contributed by atoms with Crippen LogP contribution in [0.2, 0.25) is 0 Å². The van der Waals surface area contributed by atoms with Crippen LogP contribution < -0.4 is 5.32 Å². The topological polar surface area (TPSA) is 29.9 Å². The molecule has 0 aliphatic carbocycles. The Balaban J connectivity index is 2.25. The number of rotatable bonds is 5. The number of halogens is 4. The van der Waals surface area contributed by atoms with Crippen LogP contribution in [0.4, 0.5) is 17.6 Å². The summed E-state index contributed by atoms with van der Waals surface area (Å²) in [4.78, 5) is 0. The molecule has 0 saturated carbocycles. The lowest BCUT2D eigenvalue weighted by Gasteiger charge is -2.07. The second-order valence-corrected chi connectivity index (χ2v) is 4.67. The van der Waals surface area contributed by atoms with Crippen molar-refractivity contribution in [1.82, 2.24) is 15.1 Å². The van der Waals surface area contributed by atoms with Crippen molar-refractivity contribution >= 4 is 0 Å². The Morgan fingerprint density at radius 2 is 2.00 bits per heavy atom. The van der Waals surface area contributed by atoms with E-state index in [9.17, 15) is 17.6 Å². The summed E-state index contributed by atoms with van der Waals surface area (Å²) in [6.07, 6.45) is -1.95. The summed E-state index contributed by atoms with van der Waals surface area (Å²) in [6.45, 7) is 3.24. The molecule has 0 atom stereocenters. The van der Waals surface area contributed by atoms with Gasteiger partial charge >= 0.3 is 6.18 Å². The van der Waals surface area contributed by atoms with Gasteiger partial charge in [0.1, 0.15) is 5.82 Å². The van der Waals surface area contributed by atoms with Gasteiger partial charge in [-0.2, -0.15) is 18.3 Å². The van der Waals surface area contributed by atoms with Gasteiger partial charge in [0.05, 0.1) is 17.4 Å². The van der Waals surface area contributed by atoms with Crippen molar-refractivity contribution in [1.29, 1.82) is 0 Å². The van der Waals surface area contributed by atoms with E-state index in [4.69, 9.17) is 0 Å². The number of benzene rings is 1. The Labute approximate surface area is 119 Å². The molecule has 1 aromatic carbocycles. The van der Waals surface area contributed by atoms with Gasteiger partial charge in [-0.15, -0.1) is 0 Å². The van der Waals surface area contributed by atoms with Crippen LogP contribution in [0.15, 0.2) is 30.6 Å². The minimum atomic E-state index is -4.46. The maximum Gasteiger partial charge on any atom is 0.419 e. The van der Waals surface area contributed by atoms with Crippen LogP contribution >= 0.6 is 0 Å². The molecular formula is C14H15F4N3. The van der Waals surface area contributed by atoms with E-state index in [1.807, 2.05) is 6.92 Å². The molecule has 1 N–H and O–H groups in total. The standard InChI is InChI=1S/C14H15F4N3/c1-2-3-19-7-10-4-12(15)6-13(5-10)21-9-11(8-20-21)14(16,17)18/h4-6,8-9,19H,2-3,7H2,1H3. The third-order valence-corrected chi connectivity index (χ3v) is 2.87. The van der Waals surface area contributed by atoms with Gasteiger partial charge in [-0.1, -0.05) is 6.92 Å². The molecule has 0 fully saturated rings. The van der Waals surface area contributed by atoms with Crippen molar-refractivity contribution in [3.05, 3.63) is 47.5 Å². The first kappa shape index (κ1) is 15.5. The molecule has 7 heteroatoms. The third-order valence-electron chi connectivity index (χ3n) is 2.87. The smallest absolute Gasteiger partial charge is 0.313 e. The van der Waals surface area contributed by atoms with E-state index >= 15 is 0 Å². The second kappa shape index (κ2) is 6.26. The summed E-state index contributed by atoms with van der Waals surface area (Å²) in [7, 11) is 0. The lowest BCUT2D eigenvalue weighted by atomic mass is 10.2. The van der Waals surface area contributed by atoms with Crippen LogP contribution in [0, 0.1) is 5.82 Å². The summed E-state index contributed by atoms with van der Waals surface area (Å²) < 4.78 is 52.2. The lowest BCUT2D eigenvalue weighted by Crippen LogP contribution is -2.14. The van der Waals surface area contributed by atoms with Crippen molar-refractivity contribution in [3.63, 3.8) is 0 Å². The lowest BCUT2D eigenvalue weighted by molar-refractivity contribution is -0.137. The van der Waals surface area contributed by atoms with Crippen LogP contribution in [0.1, 0.15) is 24.5 Å². The summed E-state index contributed by atoms with van der Waals surface area (Å²) in [5.41, 5.74) is 0.0544. The van der Waals surface area contributed by atoms with Crippen LogP contribution in [-0.2, 0) is 12.7 Å². The van der Waals surface area contributed by atoms with E-state index in [1.54, 1.807) is 6.07 Å². The Kier molecular flexibility index (Phi) is 4.62. The van der Waals surface area contributed by atoms with Crippen molar-refractivity contribution in [2.24, 2.45) is 0 Å². The largest absolute Gasteiger partial charge is 0.419 e. The predicted octanol–water partition coefficient (Wildman–Crippen LogP) is 3.53. The first-order valence-electron chi connectivity index (χ1n) is 6.52. The summed E-state index contributed by atoms with van der Waals surface area (Å²) in [5, 5.41) is 6.75. The molecular weight excluding hydrogens is 286 g/mol. The van der Waals surface area contributed by atoms with Gasteiger partial charge in [0.2, 0.25) is 0 Å². The molecule has 21 heavy (non-hydrogen) atoms. The van der Waals surface area contributed by atoms with E-state index in [0.717, 1.165) is 36.1 Å². The predicted molar refractivity (Wildman–Crippen MR) is 70.5 cm³/mol. The van der Waals surface area contributed by atoms with Crippen LogP contribution in [0.3, 0.4) is 0 Å². The quantitative estimate of drug-likeness (QED) is 0.676. The Morgan fingerprint density at radius 1 is 1.24 bits per heavy atom. The van der Waals surface area contributed by atoms with E-state index in [-0.39, 0.29) is 5.69 Å². The zero-order valence-corrected chi connectivity index (χ0v) is 11.4. The Bertz CT molecular complexity index is 605. The fraction of sp³-hybridized carbons (Fsp3) is 0.357. The molecule has 0 unspecified atom stereocenters. The maximum absolute atomic E-state index is 13.6. The molecule has 0 amide bonds. The summed E-state index contributed by atoms with van der Waals surface area (Å²) in [6, 6.07) is 4.11. The molecule has 0 saturated heterocycles. The molecule has 1 aromatic heterocycles. The summed E-state index contributed by atoms with van der Waals surface area (Å²) >= 11 is 0. The molecule has 0 spiro atoms. The number of nitrogens with one attached hydrogen (secondary N) is 1. The molecule has 0 aliphatic heterocycles. The zero-order chi connectivity index (χ0) is 15.5. The monoisotopic (exact) mass is 301 g/mol. The molecule has 2 aromatic rings. The van der Waals surface area contributed by atoms with Crippen molar-refractivity contribution < 1.29 is 17.6 Å². The first-order valence-corrected chi connectivity index (χ1v) is 6.52. The van der Waals surface area contributed by atoms with Gasteiger partial charge in [-0.25, -0.2) is 9.07 Å². The van der Waals surface area contributed by atoms with Crippen LogP contribution in [0.5, 0.6) is 0 Å². The SMILES string of the molecule is CCCNCc1cc(F)cc(-n2cc(C(F)(F)F)cn2)c1. The van der Waals surface area contributed by atoms with E-state index < -0.39 is 17.6 Å². The number of hydrogen-bond donors (Lipinski definition) is 1. The maximum atomic E-state index is 13.6. The first-order chi connectivity index (χ1) is 9.90. The zero-order valence-electron chi connectivity index (χ0n) is 11.4. The van der Waals surface area contributed by atoms with Crippen molar-refractivity contribution in [2.45, 2.75) is 26.1 Å². The van der Waals surface area contributed by atoms with Gasteiger partial charge in [-0.3, -0.25) is 0 Å². The van der Waals surface area contributed by atoms with Crippen molar-refractivity contribution in [3.8, 4) is 5.69 Å². The minimum Gasteiger partial charge on any atom is -0.313 e. The van der Waals surface area contributed by atoms with Gasteiger partial charge in [0.15, 0.2) is 0 Å². The Morgan fingerprint density at radius 3 is 2.62 bits per heavy atom. The average Bonchev–Trinajstić information content (AvgIpc) is 2.88. The highest BCUT2D eigenvalue weighted by molar-refractivity contribution is 5.36. The van der Waals surface area contributed by atoms with E-state index in [2.05, 4.69) is 10.4 Å². The molecule has 114 valence electrons. The number of alkyl halides is 3. The fourth-order valence-electron chi connectivity index (χ4n) is 1.89. The fourth-order valence-corrected chi connectivity index (χ4v) is 1.89. The van der Waals surface area contributed by atoms with Gasteiger partial charge < -0.3 is 5.32 Å². The number of hydrogen-bond acceptors (Lipinski definition) is 2. The highest BCUT2D eigenvalue weighted by Crippen LogP contribution is 2.29. The summed E-state index contributed by atoms with van der Waals surface area (Å²) in [5.74, 6) is -0.509. The third kappa shape index (κ3) is 4.04. The van der Waals surface area contributed by atoms with Crippen molar-refractivity contribution in [2.75, 3.05) is 6.54 Å². The van der Waals surface area contributed by atoms with E-state index in [0.29, 0.717) is 12.1 Å².